The summed E-state index contributed by atoms with van der Waals surface area (Å²) in [6.07, 6.45) is 14.8. The average Bonchev–Trinajstić information content (AvgIpc) is 3.55. The van der Waals surface area contributed by atoms with E-state index in [0.29, 0.717) is 5.92 Å². The Morgan fingerprint density at radius 1 is 0.837 bits per heavy atom. The van der Waals surface area contributed by atoms with E-state index in [1.165, 1.54) is 55.7 Å². The molecule has 0 bridgehead atoms. The SMILES string of the molecule is CC1C=C(C2=C3OC4C(Br)=CC=CC4C3=CCC2)C2=C(C1)C1(c3ccccc32)c2ccccc2C(C)(C)c2ccccc21. The van der Waals surface area contributed by atoms with E-state index < -0.39 is 0 Å². The zero-order valence-electron chi connectivity index (χ0n) is 25.0. The molecule has 43 heavy (non-hydrogen) atoms. The minimum atomic E-state index is -0.306. The molecule has 5 aliphatic carbocycles. The molecule has 1 fully saturated rings. The first kappa shape index (κ1) is 25.8. The lowest BCUT2D eigenvalue weighted by molar-refractivity contribution is 0.179. The van der Waals surface area contributed by atoms with Crippen molar-refractivity contribution >= 4 is 21.5 Å². The van der Waals surface area contributed by atoms with Gasteiger partial charge in [0.1, 0.15) is 11.9 Å². The quantitative estimate of drug-likeness (QED) is 0.262. The Hall–Kier alpha value is -3.62. The second-order valence-electron chi connectivity index (χ2n) is 13.6. The smallest absolute Gasteiger partial charge is 0.141 e. The van der Waals surface area contributed by atoms with Gasteiger partial charge in [0, 0.05) is 27.0 Å². The van der Waals surface area contributed by atoms with Crippen LogP contribution in [0.5, 0.6) is 0 Å². The molecule has 2 heteroatoms. The molecule has 1 nitrogen and oxygen atoms in total. The molecule has 3 atom stereocenters. The molecule has 0 N–H and O–H groups in total. The van der Waals surface area contributed by atoms with E-state index in [2.05, 4.69) is 140 Å². The largest absolute Gasteiger partial charge is 0.484 e. The van der Waals surface area contributed by atoms with Crippen LogP contribution in [0, 0.1) is 11.8 Å². The van der Waals surface area contributed by atoms with Crippen LogP contribution in [-0.4, -0.2) is 6.10 Å². The van der Waals surface area contributed by atoms with Crippen LogP contribution in [0.4, 0.5) is 0 Å². The molecule has 9 rings (SSSR count). The molecule has 3 unspecified atom stereocenters. The van der Waals surface area contributed by atoms with E-state index >= 15 is 0 Å². The fourth-order valence-electron chi connectivity index (χ4n) is 9.31. The number of allylic oxidation sites excluding steroid dienone is 9. The van der Waals surface area contributed by atoms with Gasteiger partial charge in [-0.15, -0.1) is 0 Å². The van der Waals surface area contributed by atoms with E-state index in [1.54, 1.807) is 5.57 Å². The molecule has 1 heterocycles. The van der Waals surface area contributed by atoms with Crippen molar-refractivity contribution < 1.29 is 4.74 Å². The summed E-state index contributed by atoms with van der Waals surface area (Å²) in [6.45, 7) is 7.22. The fourth-order valence-corrected chi connectivity index (χ4v) is 9.84. The molecule has 0 amide bonds. The number of halogens is 1. The van der Waals surface area contributed by atoms with Gasteiger partial charge in [-0.25, -0.2) is 0 Å². The molecule has 6 aliphatic rings. The van der Waals surface area contributed by atoms with Gasteiger partial charge in [-0.2, -0.15) is 0 Å². The fraction of sp³-hybridized carbons (Fsp3) is 0.268. The Balaban J connectivity index is 1.35. The van der Waals surface area contributed by atoms with Gasteiger partial charge in [0.05, 0.1) is 5.41 Å². The van der Waals surface area contributed by atoms with Crippen LogP contribution in [0.2, 0.25) is 0 Å². The van der Waals surface area contributed by atoms with E-state index in [1.807, 2.05) is 0 Å². The van der Waals surface area contributed by atoms with E-state index in [4.69, 9.17) is 4.74 Å². The predicted octanol–water partition coefficient (Wildman–Crippen LogP) is 10.2. The second-order valence-corrected chi connectivity index (χ2v) is 14.5. The molecule has 1 saturated heterocycles. The van der Waals surface area contributed by atoms with Gasteiger partial charge in [0.2, 0.25) is 0 Å². The van der Waals surface area contributed by atoms with E-state index in [-0.39, 0.29) is 22.9 Å². The van der Waals surface area contributed by atoms with Crippen LogP contribution in [0.3, 0.4) is 0 Å². The lowest BCUT2D eigenvalue weighted by Crippen LogP contribution is -2.41. The Morgan fingerprint density at radius 3 is 2.21 bits per heavy atom. The average molecular weight is 624 g/mol. The van der Waals surface area contributed by atoms with Gasteiger partial charge in [-0.3, -0.25) is 0 Å². The Kier molecular flexibility index (Phi) is 5.38. The van der Waals surface area contributed by atoms with Crippen molar-refractivity contribution in [1.29, 1.82) is 0 Å². The third kappa shape index (κ3) is 3.23. The summed E-state index contributed by atoms with van der Waals surface area (Å²) in [6, 6.07) is 27.9. The molecule has 3 aromatic rings. The van der Waals surface area contributed by atoms with Gasteiger partial charge in [0.15, 0.2) is 0 Å². The third-order valence-electron chi connectivity index (χ3n) is 11.0. The van der Waals surface area contributed by atoms with Crippen LogP contribution >= 0.6 is 15.9 Å². The molecule has 0 radical (unpaired) electrons. The summed E-state index contributed by atoms with van der Waals surface area (Å²) in [7, 11) is 0. The van der Waals surface area contributed by atoms with Crippen LogP contribution < -0.4 is 0 Å². The van der Waals surface area contributed by atoms with Crippen LogP contribution in [0.15, 0.2) is 136 Å². The molecule has 1 spiro atoms. The highest BCUT2D eigenvalue weighted by Crippen LogP contribution is 2.65. The van der Waals surface area contributed by atoms with Gasteiger partial charge in [-0.05, 0) is 81.4 Å². The summed E-state index contributed by atoms with van der Waals surface area (Å²) < 4.78 is 8.01. The maximum atomic E-state index is 6.88. The zero-order valence-corrected chi connectivity index (χ0v) is 26.5. The highest BCUT2D eigenvalue weighted by atomic mass is 79.9. The van der Waals surface area contributed by atoms with E-state index in [9.17, 15) is 0 Å². The number of fused-ring (bicyclic) bond motifs is 11. The van der Waals surface area contributed by atoms with Gasteiger partial charge in [0.25, 0.3) is 0 Å². The Morgan fingerprint density at radius 2 is 1.49 bits per heavy atom. The van der Waals surface area contributed by atoms with Crippen LogP contribution in [-0.2, 0) is 15.6 Å². The zero-order chi connectivity index (χ0) is 29.1. The highest BCUT2D eigenvalue weighted by Gasteiger charge is 2.55. The third-order valence-corrected chi connectivity index (χ3v) is 11.7. The number of rotatable bonds is 1. The first-order valence-corrected chi connectivity index (χ1v) is 16.6. The maximum absolute atomic E-state index is 6.88. The van der Waals surface area contributed by atoms with Crippen LogP contribution in [0.1, 0.15) is 73.4 Å². The summed E-state index contributed by atoms with van der Waals surface area (Å²) in [5, 5.41) is 0. The van der Waals surface area contributed by atoms with Crippen molar-refractivity contribution in [3.63, 3.8) is 0 Å². The molecule has 3 aromatic carbocycles. The maximum Gasteiger partial charge on any atom is 0.141 e. The summed E-state index contributed by atoms with van der Waals surface area (Å²) in [4.78, 5) is 0. The van der Waals surface area contributed by atoms with Gasteiger partial charge < -0.3 is 4.74 Å². The molecule has 1 aliphatic heterocycles. The topological polar surface area (TPSA) is 9.23 Å². The first-order chi connectivity index (χ1) is 20.9. The standard InChI is InChI=1S/C41H35BrO/c1-24-22-29(27-14-10-13-25-26-15-11-21-36(42)39(26)43-38(25)27)37-28-12-4-5-16-30(28)41(35(37)23-24)33-19-8-6-17-31(33)40(2,3)32-18-7-9-20-34(32)41/h4-9,11-13,15-22,24,26,39H,10,14,23H2,1-3H3. The van der Waals surface area contributed by atoms with Crippen molar-refractivity contribution in [2.24, 2.45) is 11.8 Å². The summed E-state index contributed by atoms with van der Waals surface area (Å²) >= 11 is 3.82. The highest BCUT2D eigenvalue weighted by molar-refractivity contribution is 9.11. The van der Waals surface area contributed by atoms with Crippen molar-refractivity contribution in [2.75, 3.05) is 0 Å². The van der Waals surface area contributed by atoms with E-state index in [0.717, 1.165) is 29.5 Å². The lowest BCUT2D eigenvalue weighted by atomic mass is 9.54. The first-order valence-electron chi connectivity index (χ1n) is 15.8. The number of ether oxygens (including phenoxy) is 1. The molecule has 0 aromatic heterocycles. The normalized spacial score (nSPS) is 26.8. The molecule has 0 saturated carbocycles. The Labute approximate surface area is 263 Å². The second kappa shape index (κ2) is 8.96. The predicted molar refractivity (Wildman–Crippen MR) is 179 cm³/mol. The molecular formula is C41H35BrO. The van der Waals surface area contributed by atoms with Crippen molar-refractivity contribution in [3.05, 3.63) is 169 Å². The number of hydrogen-bond acceptors (Lipinski definition) is 1. The van der Waals surface area contributed by atoms with Crippen molar-refractivity contribution in [3.8, 4) is 0 Å². The number of hydrogen-bond donors (Lipinski definition) is 0. The monoisotopic (exact) mass is 622 g/mol. The van der Waals surface area contributed by atoms with Gasteiger partial charge in [-0.1, -0.05) is 134 Å². The van der Waals surface area contributed by atoms with Gasteiger partial charge >= 0.3 is 0 Å². The number of benzene rings is 3. The molecular weight excluding hydrogens is 588 g/mol. The minimum absolute atomic E-state index is 0.0379. The minimum Gasteiger partial charge on any atom is -0.484 e. The van der Waals surface area contributed by atoms with Crippen LogP contribution in [0.25, 0.3) is 5.57 Å². The lowest BCUT2D eigenvalue weighted by Gasteiger charge is -2.48. The van der Waals surface area contributed by atoms with Crippen molar-refractivity contribution in [2.45, 2.75) is 57.0 Å². The summed E-state index contributed by atoms with van der Waals surface area (Å²) in [5.74, 6) is 1.82. The van der Waals surface area contributed by atoms with Crippen molar-refractivity contribution in [1.82, 2.24) is 0 Å². The Bertz CT molecular complexity index is 1890. The molecule has 212 valence electrons. The summed E-state index contributed by atoms with van der Waals surface area (Å²) in [5.41, 5.74) is 15.4.